The van der Waals surface area contributed by atoms with Gasteiger partial charge >= 0.3 is 0 Å². The molecule has 4 heteroatoms. The van der Waals surface area contributed by atoms with E-state index >= 15 is 0 Å². The molecule has 1 radical (unpaired) electrons. The molecule has 0 unspecified atom stereocenters. The molecule has 16 heavy (non-hydrogen) atoms. The maximum Gasteiger partial charge on any atom is 0.242 e. The number of rotatable bonds is 0. The fraction of sp³-hybridized carbons (Fsp3) is 0.167. The summed E-state index contributed by atoms with van der Waals surface area (Å²) in [5, 5.41) is 0.949. The summed E-state index contributed by atoms with van der Waals surface area (Å²) in [6.45, 7) is 3.82. The maximum absolute atomic E-state index is 11.0. The van der Waals surface area contributed by atoms with Crippen LogP contribution in [-0.2, 0) is 53.8 Å². The maximum atomic E-state index is 11.0. The van der Waals surface area contributed by atoms with Gasteiger partial charge in [0.05, 0.1) is 5.58 Å². The Kier molecular flexibility index (Phi) is 8.75. The molecule has 2 nitrogen and oxygen atoms in total. The number of aryl methyl sites for hydroxylation is 2. The number of hydrogen-bond acceptors (Lipinski definition) is 2. The van der Waals surface area contributed by atoms with Crippen LogP contribution in [-0.4, -0.2) is 0 Å². The van der Waals surface area contributed by atoms with E-state index in [4.69, 9.17) is 4.42 Å². The summed E-state index contributed by atoms with van der Waals surface area (Å²) < 4.78 is 5.01. The Balaban J connectivity index is 0. The van der Waals surface area contributed by atoms with Crippen LogP contribution in [0.3, 0.4) is 0 Å². The van der Waals surface area contributed by atoms with Crippen LogP contribution in [0.4, 0.5) is 0 Å². The molecule has 1 aromatic carbocycles. The Morgan fingerprint density at radius 1 is 1.25 bits per heavy atom. The Morgan fingerprint density at radius 3 is 2.50 bits per heavy atom. The zero-order valence-corrected chi connectivity index (χ0v) is 15.3. The Hall–Kier alpha value is 0.222. The molecule has 1 heterocycles. The Bertz CT molecular complexity index is 520. The standard InChI is InChI=1S/C11H9O2.CH3.W.Y/c1-7-3-4-9-8(2)6-11(12)13-10(9)5-7;;;/h3-5H,1-2H3;1H3;;/q2*-1;;. The molecule has 0 saturated carbocycles. The average Bonchev–Trinajstić information content (AvgIpc) is 2.02. The second kappa shape index (κ2) is 7.53. The van der Waals surface area contributed by atoms with Gasteiger partial charge in [-0.1, -0.05) is 18.6 Å². The van der Waals surface area contributed by atoms with E-state index in [2.05, 4.69) is 6.07 Å². The minimum atomic E-state index is -0.407. The number of hydrogen-bond donors (Lipinski definition) is 0. The molecule has 0 aliphatic heterocycles. The molecule has 0 N–H and O–H groups in total. The van der Waals surface area contributed by atoms with Crippen molar-refractivity contribution in [2.45, 2.75) is 13.8 Å². The smallest absolute Gasteiger partial charge is 0.242 e. The SMILES string of the molecule is Cc1ccc2c(C)[c-]c(=O)oc2c1.[CH3-].[W].[Y]. The third kappa shape index (κ3) is 3.91. The molecule has 0 aliphatic rings. The molecular formula is C12H12O2WY-2. The molecule has 0 bridgehead atoms. The van der Waals surface area contributed by atoms with Gasteiger partial charge in [-0.25, -0.2) is 5.56 Å². The second-order valence-electron chi connectivity index (χ2n) is 3.14. The largest absolute Gasteiger partial charge is 0.456 e. The molecule has 83 valence electrons. The average molecular weight is 461 g/mol. The first kappa shape index (κ1) is 18.6. The van der Waals surface area contributed by atoms with Crippen LogP contribution in [0.5, 0.6) is 0 Å². The van der Waals surface area contributed by atoms with Crippen molar-refractivity contribution in [1.82, 2.24) is 0 Å². The first-order chi connectivity index (χ1) is 6.16. The monoisotopic (exact) mass is 461 g/mol. The predicted octanol–water partition coefficient (Wildman–Crippen LogP) is 2.66. The third-order valence-corrected chi connectivity index (χ3v) is 2.03. The van der Waals surface area contributed by atoms with Crippen molar-refractivity contribution in [3.63, 3.8) is 0 Å². The van der Waals surface area contributed by atoms with Gasteiger partial charge in [-0.15, -0.1) is 11.5 Å². The molecule has 0 aliphatic carbocycles. The molecule has 0 saturated heterocycles. The van der Waals surface area contributed by atoms with Gasteiger partial charge in [0, 0.05) is 53.8 Å². The van der Waals surface area contributed by atoms with Crippen LogP contribution >= 0.6 is 0 Å². The topological polar surface area (TPSA) is 30.2 Å². The molecular weight excluding hydrogens is 449 g/mol. The van der Waals surface area contributed by atoms with Gasteiger partial charge in [0.15, 0.2) is 0 Å². The summed E-state index contributed by atoms with van der Waals surface area (Å²) in [6.07, 6.45) is 0. The summed E-state index contributed by atoms with van der Waals surface area (Å²) in [6, 6.07) is 8.40. The zero-order valence-electron chi connectivity index (χ0n) is 9.53. The van der Waals surface area contributed by atoms with E-state index in [9.17, 15) is 4.79 Å². The van der Waals surface area contributed by atoms with Gasteiger partial charge in [-0.3, -0.25) is 4.79 Å². The van der Waals surface area contributed by atoms with E-state index in [-0.39, 0.29) is 61.2 Å². The Morgan fingerprint density at radius 2 is 1.88 bits per heavy atom. The fourth-order valence-corrected chi connectivity index (χ4v) is 1.37. The van der Waals surface area contributed by atoms with Gasteiger partial charge in [0.25, 0.3) is 0 Å². The van der Waals surface area contributed by atoms with E-state index in [1.807, 2.05) is 32.0 Å². The second-order valence-corrected chi connectivity index (χ2v) is 3.14. The summed E-state index contributed by atoms with van der Waals surface area (Å²) in [5.74, 6) is 0. The van der Waals surface area contributed by atoms with E-state index in [1.165, 1.54) is 0 Å². The van der Waals surface area contributed by atoms with Crippen LogP contribution in [0.15, 0.2) is 27.4 Å². The van der Waals surface area contributed by atoms with Crippen molar-refractivity contribution < 1.29 is 58.2 Å². The van der Waals surface area contributed by atoms with Crippen LogP contribution in [0.25, 0.3) is 11.0 Å². The molecule has 1 aromatic heterocycles. The van der Waals surface area contributed by atoms with Gasteiger partial charge < -0.3 is 11.8 Å². The normalized spacial score (nSPS) is 8.62. The molecule has 0 amide bonds. The van der Waals surface area contributed by atoms with Crippen LogP contribution in [0, 0.1) is 27.3 Å². The zero-order chi connectivity index (χ0) is 9.42. The molecule has 2 rings (SSSR count). The summed E-state index contributed by atoms with van der Waals surface area (Å²) in [7, 11) is 0. The number of benzene rings is 1. The van der Waals surface area contributed by atoms with Gasteiger partial charge in [-0.2, -0.15) is 6.07 Å². The van der Waals surface area contributed by atoms with Crippen LogP contribution < -0.4 is 5.63 Å². The van der Waals surface area contributed by atoms with Crippen molar-refractivity contribution in [3.8, 4) is 0 Å². The van der Waals surface area contributed by atoms with Crippen molar-refractivity contribution in [1.29, 1.82) is 0 Å². The molecule has 0 atom stereocenters. The van der Waals surface area contributed by atoms with Crippen molar-refractivity contribution in [2.24, 2.45) is 0 Å². The number of fused-ring (bicyclic) bond motifs is 1. The quantitative estimate of drug-likeness (QED) is 0.447. The van der Waals surface area contributed by atoms with Gasteiger partial charge in [-0.05, 0) is 13.0 Å². The summed E-state index contributed by atoms with van der Waals surface area (Å²) >= 11 is 0. The van der Waals surface area contributed by atoms with Crippen molar-refractivity contribution in [2.75, 3.05) is 0 Å². The van der Waals surface area contributed by atoms with Crippen molar-refractivity contribution in [3.05, 3.63) is 53.2 Å². The summed E-state index contributed by atoms with van der Waals surface area (Å²) in [5.41, 5.74) is 2.16. The molecule has 0 spiro atoms. The fourth-order valence-electron chi connectivity index (χ4n) is 1.37. The van der Waals surface area contributed by atoms with Crippen LogP contribution in [0.2, 0.25) is 0 Å². The minimum Gasteiger partial charge on any atom is -0.456 e. The third-order valence-electron chi connectivity index (χ3n) is 2.03. The summed E-state index contributed by atoms with van der Waals surface area (Å²) in [4.78, 5) is 11.0. The van der Waals surface area contributed by atoms with E-state index < -0.39 is 5.63 Å². The Labute approximate surface area is 135 Å². The first-order valence-electron chi connectivity index (χ1n) is 4.10. The van der Waals surface area contributed by atoms with Crippen molar-refractivity contribution >= 4 is 11.0 Å². The molecule has 2 aromatic rings. The minimum absolute atomic E-state index is 0. The molecule has 0 fully saturated rings. The predicted molar refractivity (Wildman–Crippen MR) is 57.2 cm³/mol. The van der Waals surface area contributed by atoms with E-state index in [0.717, 1.165) is 16.5 Å². The van der Waals surface area contributed by atoms with E-state index in [0.29, 0.717) is 5.58 Å². The van der Waals surface area contributed by atoms with E-state index in [1.54, 1.807) is 0 Å². The van der Waals surface area contributed by atoms with Crippen LogP contribution in [0.1, 0.15) is 11.1 Å². The first-order valence-corrected chi connectivity index (χ1v) is 4.10. The van der Waals surface area contributed by atoms with Gasteiger partial charge in [0.2, 0.25) is 5.63 Å². The van der Waals surface area contributed by atoms with Gasteiger partial charge in [0.1, 0.15) is 0 Å².